The van der Waals surface area contributed by atoms with Gasteiger partial charge in [0.1, 0.15) is 5.82 Å². The van der Waals surface area contributed by atoms with E-state index in [2.05, 4.69) is 12.2 Å². The number of rotatable bonds is 7. The average Bonchev–Trinajstić information content (AvgIpc) is 2.34. The van der Waals surface area contributed by atoms with Gasteiger partial charge in [0.2, 0.25) is 0 Å². The van der Waals surface area contributed by atoms with Crippen LogP contribution in [0.5, 0.6) is 0 Å². The van der Waals surface area contributed by atoms with Crippen molar-refractivity contribution in [2.24, 2.45) is 0 Å². The second-order valence-electron chi connectivity index (χ2n) is 4.51. The van der Waals surface area contributed by atoms with Crippen LogP contribution in [0.3, 0.4) is 0 Å². The van der Waals surface area contributed by atoms with Crippen LogP contribution in [0.2, 0.25) is 0 Å². The topological polar surface area (TPSA) is 32.3 Å². The van der Waals surface area contributed by atoms with Crippen molar-refractivity contribution >= 4 is 0 Å². The van der Waals surface area contributed by atoms with Gasteiger partial charge in [-0.2, -0.15) is 0 Å². The summed E-state index contributed by atoms with van der Waals surface area (Å²) in [6.45, 7) is 5.75. The second-order valence-corrected chi connectivity index (χ2v) is 4.51. The van der Waals surface area contributed by atoms with Crippen molar-refractivity contribution in [1.29, 1.82) is 0 Å². The van der Waals surface area contributed by atoms with Crippen molar-refractivity contribution in [3.05, 3.63) is 35.6 Å². The molecule has 0 spiro atoms. The number of benzene rings is 1. The molecular formula is C14H22FNO. The van der Waals surface area contributed by atoms with E-state index >= 15 is 0 Å². The summed E-state index contributed by atoms with van der Waals surface area (Å²) in [6, 6.07) is 6.63. The summed E-state index contributed by atoms with van der Waals surface area (Å²) in [6.07, 6.45) is 1.38. The molecule has 2 atom stereocenters. The number of halogens is 1. The first-order valence-electron chi connectivity index (χ1n) is 6.27. The van der Waals surface area contributed by atoms with Crippen LogP contribution in [0.15, 0.2) is 24.3 Å². The Morgan fingerprint density at radius 2 is 1.94 bits per heavy atom. The van der Waals surface area contributed by atoms with Crippen LogP contribution >= 0.6 is 0 Å². The van der Waals surface area contributed by atoms with Crippen LogP contribution < -0.4 is 5.32 Å². The highest BCUT2D eigenvalue weighted by Gasteiger charge is 2.05. The Bertz CT molecular complexity index is 313. The highest BCUT2D eigenvalue weighted by molar-refractivity contribution is 5.20. The molecule has 96 valence electrons. The highest BCUT2D eigenvalue weighted by Crippen LogP contribution is 2.14. The van der Waals surface area contributed by atoms with Gasteiger partial charge in [-0.3, -0.25) is 0 Å². The van der Waals surface area contributed by atoms with Gasteiger partial charge in [-0.1, -0.05) is 26.0 Å². The smallest absolute Gasteiger partial charge is 0.123 e. The van der Waals surface area contributed by atoms with E-state index in [-0.39, 0.29) is 11.9 Å². The minimum atomic E-state index is -0.205. The Morgan fingerprint density at radius 3 is 2.53 bits per heavy atom. The fraction of sp³-hybridized carbons (Fsp3) is 0.571. The molecule has 2 N–H and O–H groups in total. The molecule has 1 aromatic carbocycles. The van der Waals surface area contributed by atoms with Crippen molar-refractivity contribution in [2.45, 2.75) is 38.7 Å². The molecule has 0 bridgehead atoms. The molecular weight excluding hydrogens is 217 g/mol. The SMILES string of the molecule is CCC(O)CCNCC(C)c1ccc(F)cc1. The predicted molar refractivity (Wildman–Crippen MR) is 68.6 cm³/mol. The molecule has 0 radical (unpaired) electrons. The van der Waals surface area contributed by atoms with Crippen LogP contribution in [0.4, 0.5) is 4.39 Å². The van der Waals surface area contributed by atoms with Gasteiger partial charge in [0.25, 0.3) is 0 Å². The quantitative estimate of drug-likeness (QED) is 0.717. The fourth-order valence-corrected chi connectivity index (χ4v) is 1.70. The number of aliphatic hydroxyl groups is 1. The first kappa shape index (κ1) is 14.1. The van der Waals surface area contributed by atoms with E-state index in [1.807, 2.05) is 19.1 Å². The number of nitrogens with one attached hydrogen (secondary N) is 1. The lowest BCUT2D eigenvalue weighted by molar-refractivity contribution is 0.159. The van der Waals surface area contributed by atoms with E-state index in [1.54, 1.807) is 0 Å². The maximum Gasteiger partial charge on any atom is 0.123 e. The molecule has 17 heavy (non-hydrogen) atoms. The normalized spacial score (nSPS) is 14.6. The molecule has 0 aliphatic carbocycles. The lowest BCUT2D eigenvalue weighted by atomic mass is 10.0. The van der Waals surface area contributed by atoms with Crippen molar-refractivity contribution in [3.8, 4) is 0 Å². The summed E-state index contributed by atoms with van der Waals surface area (Å²) >= 11 is 0. The van der Waals surface area contributed by atoms with E-state index in [0.717, 1.165) is 31.5 Å². The molecule has 2 unspecified atom stereocenters. The molecule has 1 rings (SSSR count). The minimum Gasteiger partial charge on any atom is -0.393 e. The highest BCUT2D eigenvalue weighted by atomic mass is 19.1. The molecule has 0 saturated carbocycles. The van der Waals surface area contributed by atoms with Crippen molar-refractivity contribution in [2.75, 3.05) is 13.1 Å². The van der Waals surface area contributed by atoms with Gasteiger partial charge in [-0.05, 0) is 43.0 Å². The standard InChI is InChI=1S/C14H22FNO/c1-3-14(17)8-9-16-10-11(2)12-4-6-13(15)7-5-12/h4-7,11,14,16-17H,3,8-10H2,1-2H3. The third kappa shape index (κ3) is 5.29. The van der Waals surface area contributed by atoms with E-state index in [0.29, 0.717) is 5.92 Å². The number of hydrogen-bond donors (Lipinski definition) is 2. The summed E-state index contributed by atoms with van der Waals surface area (Å²) in [5.74, 6) is 0.161. The van der Waals surface area contributed by atoms with Crippen LogP contribution in [0, 0.1) is 5.82 Å². The largest absolute Gasteiger partial charge is 0.393 e. The van der Waals surface area contributed by atoms with E-state index < -0.39 is 0 Å². The van der Waals surface area contributed by atoms with Gasteiger partial charge in [0, 0.05) is 6.54 Å². The molecule has 0 aliphatic heterocycles. The maximum atomic E-state index is 12.7. The summed E-state index contributed by atoms with van der Waals surface area (Å²) in [5.41, 5.74) is 1.13. The van der Waals surface area contributed by atoms with Crippen molar-refractivity contribution in [1.82, 2.24) is 5.32 Å². The third-order valence-corrected chi connectivity index (χ3v) is 3.02. The van der Waals surface area contributed by atoms with Crippen molar-refractivity contribution in [3.63, 3.8) is 0 Å². The van der Waals surface area contributed by atoms with Gasteiger partial charge in [-0.15, -0.1) is 0 Å². The van der Waals surface area contributed by atoms with E-state index in [4.69, 9.17) is 0 Å². The molecule has 3 heteroatoms. The first-order chi connectivity index (χ1) is 8.13. The molecule has 0 fully saturated rings. The molecule has 0 amide bonds. The van der Waals surface area contributed by atoms with E-state index in [1.165, 1.54) is 12.1 Å². The predicted octanol–water partition coefficient (Wildman–Crippen LogP) is 2.68. The van der Waals surface area contributed by atoms with Gasteiger partial charge in [0.15, 0.2) is 0 Å². The number of hydrogen-bond acceptors (Lipinski definition) is 2. The average molecular weight is 239 g/mol. The summed E-state index contributed by atoms with van der Waals surface area (Å²) in [5, 5.41) is 12.7. The Balaban J connectivity index is 2.25. The van der Waals surface area contributed by atoms with Gasteiger partial charge < -0.3 is 10.4 Å². The Kier molecular flexibility index (Phi) is 6.16. The van der Waals surface area contributed by atoms with Crippen LogP contribution in [-0.4, -0.2) is 24.3 Å². The van der Waals surface area contributed by atoms with Crippen LogP contribution in [0.1, 0.15) is 38.2 Å². The Morgan fingerprint density at radius 1 is 1.29 bits per heavy atom. The fourth-order valence-electron chi connectivity index (χ4n) is 1.70. The second kappa shape index (κ2) is 7.41. The Labute approximate surface area is 103 Å². The zero-order valence-corrected chi connectivity index (χ0v) is 10.6. The number of aliphatic hydroxyl groups excluding tert-OH is 1. The molecule has 0 aliphatic rings. The van der Waals surface area contributed by atoms with Gasteiger partial charge in [-0.25, -0.2) is 4.39 Å². The molecule has 1 aromatic rings. The monoisotopic (exact) mass is 239 g/mol. The molecule has 0 heterocycles. The summed E-state index contributed by atoms with van der Waals surface area (Å²) < 4.78 is 12.7. The third-order valence-electron chi connectivity index (χ3n) is 3.02. The minimum absolute atomic E-state index is 0.194. The van der Waals surface area contributed by atoms with Gasteiger partial charge >= 0.3 is 0 Å². The zero-order chi connectivity index (χ0) is 12.7. The first-order valence-corrected chi connectivity index (χ1v) is 6.27. The summed E-state index contributed by atoms with van der Waals surface area (Å²) in [7, 11) is 0. The lowest BCUT2D eigenvalue weighted by Crippen LogP contribution is -2.24. The van der Waals surface area contributed by atoms with Crippen LogP contribution in [-0.2, 0) is 0 Å². The van der Waals surface area contributed by atoms with E-state index in [9.17, 15) is 9.50 Å². The van der Waals surface area contributed by atoms with Gasteiger partial charge in [0.05, 0.1) is 6.10 Å². The molecule has 2 nitrogen and oxygen atoms in total. The van der Waals surface area contributed by atoms with Crippen molar-refractivity contribution < 1.29 is 9.50 Å². The molecule has 0 saturated heterocycles. The molecule has 0 aromatic heterocycles. The van der Waals surface area contributed by atoms with Crippen LogP contribution in [0.25, 0.3) is 0 Å². The lowest BCUT2D eigenvalue weighted by Gasteiger charge is -2.14. The zero-order valence-electron chi connectivity index (χ0n) is 10.6. The maximum absolute atomic E-state index is 12.7. The summed E-state index contributed by atoms with van der Waals surface area (Å²) in [4.78, 5) is 0. The Hall–Kier alpha value is -0.930.